The topological polar surface area (TPSA) is 102 Å². The van der Waals surface area contributed by atoms with Gasteiger partial charge in [-0.25, -0.2) is 8.42 Å². The SMILES string of the molecule is CCNC(=O)CS(=O)c1cccc(NS(=O)(=O)CC(OC)C2CC2)c1. The number of amides is 1. The number of benzene rings is 1. The maximum Gasteiger partial charge on any atom is 0.235 e. The van der Waals surface area contributed by atoms with Gasteiger partial charge in [-0.05, 0) is 43.9 Å². The lowest BCUT2D eigenvalue weighted by Gasteiger charge is -2.16. The molecule has 0 spiro atoms. The fourth-order valence-electron chi connectivity index (χ4n) is 2.45. The highest BCUT2D eigenvalue weighted by molar-refractivity contribution is 7.92. The van der Waals surface area contributed by atoms with Crippen molar-refractivity contribution in [3.63, 3.8) is 0 Å². The number of carbonyl (C=O) groups is 1. The van der Waals surface area contributed by atoms with Crippen molar-refractivity contribution >= 4 is 32.4 Å². The lowest BCUT2D eigenvalue weighted by Crippen LogP contribution is -2.29. The summed E-state index contributed by atoms with van der Waals surface area (Å²) in [6, 6.07) is 6.29. The molecule has 1 amide bonds. The van der Waals surface area contributed by atoms with E-state index in [1.165, 1.54) is 13.2 Å². The van der Waals surface area contributed by atoms with Crippen LogP contribution in [0.3, 0.4) is 0 Å². The number of rotatable bonds is 10. The minimum atomic E-state index is -3.58. The van der Waals surface area contributed by atoms with Crippen LogP contribution in [0.1, 0.15) is 19.8 Å². The molecular weight excluding hydrogens is 364 g/mol. The third kappa shape index (κ3) is 6.41. The Morgan fingerprint density at radius 1 is 1.40 bits per heavy atom. The summed E-state index contributed by atoms with van der Waals surface area (Å²) in [5.74, 6) is -0.269. The molecule has 25 heavy (non-hydrogen) atoms. The summed E-state index contributed by atoms with van der Waals surface area (Å²) >= 11 is 0. The van der Waals surface area contributed by atoms with E-state index < -0.39 is 20.8 Å². The van der Waals surface area contributed by atoms with Crippen LogP contribution in [0.15, 0.2) is 29.2 Å². The zero-order valence-electron chi connectivity index (χ0n) is 14.4. The number of sulfonamides is 1. The molecule has 2 unspecified atom stereocenters. The van der Waals surface area contributed by atoms with Crippen LogP contribution < -0.4 is 10.0 Å². The van der Waals surface area contributed by atoms with Crippen molar-refractivity contribution in [2.75, 3.05) is 29.9 Å². The van der Waals surface area contributed by atoms with Crippen LogP contribution in [-0.4, -0.2) is 49.8 Å². The first-order chi connectivity index (χ1) is 11.8. The average Bonchev–Trinajstić information content (AvgIpc) is 3.37. The van der Waals surface area contributed by atoms with E-state index >= 15 is 0 Å². The molecule has 1 fully saturated rings. The summed E-state index contributed by atoms with van der Waals surface area (Å²) in [6.45, 7) is 2.25. The number of hydrogen-bond donors (Lipinski definition) is 2. The third-order valence-corrected chi connectivity index (χ3v) is 6.46. The Morgan fingerprint density at radius 3 is 2.72 bits per heavy atom. The Labute approximate surface area is 151 Å². The summed E-state index contributed by atoms with van der Waals surface area (Å²) in [4.78, 5) is 11.9. The summed E-state index contributed by atoms with van der Waals surface area (Å²) in [6.07, 6.45) is 1.66. The molecule has 1 aliphatic rings. The van der Waals surface area contributed by atoms with Crippen LogP contribution in [0, 0.1) is 5.92 Å². The molecule has 2 atom stereocenters. The number of carbonyl (C=O) groups excluding carboxylic acids is 1. The van der Waals surface area contributed by atoms with Crippen LogP contribution in [0.2, 0.25) is 0 Å². The first kappa shape index (κ1) is 19.9. The predicted molar refractivity (Wildman–Crippen MR) is 97.3 cm³/mol. The minimum Gasteiger partial charge on any atom is -0.380 e. The number of methoxy groups -OCH3 is 1. The maximum atomic E-state index is 12.3. The fourth-order valence-corrected chi connectivity index (χ4v) is 4.86. The lowest BCUT2D eigenvalue weighted by molar-refractivity contribution is -0.118. The normalized spacial score (nSPS) is 16.9. The predicted octanol–water partition coefficient (Wildman–Crippen LogP) is 1.10. The van der Waals surface area contributed by atoms with Crippen molar-refractivity contribution in [1.29, 1.82) is 0 Å². The van der Waals surface area contributed by atoms with Crippen LogP contribution in [-0.2, 0) is 30.4 Å². The van der Waals surface area contributed by atoms with Crippen LogP contribution >= 0.6 is 0 Å². The molecule has 2 N–H and O–H groups in total. The summed E-state index contributed by atoms with van der Waals surface area (Å²) in [5.41, 5.74) is 0.326. The lowest BCUT2D eigenvalue weighted by atomic mass is 10.3. The van der Waals surface area contributed by atoms with Gasteiger partial charge in [-0.15, -0.1) is 0 Å². The molecule has 0 aromatic heterocycles. The van der Waals surface area contributed by atoms with E-state index in [1.807, 2.05) is 0 Å². The van der Waals surface area contributed by atoms with E-state index in [4.69, 9.17) is 4.74 Å². The summed E-state index contributed by atoms with van der Waals surface area (Å²) in [5, 5.41) is 2.59. The quantitative estimate of drug-likeness (QED) is 0.625. The molecule has 0 heterocycles. The van der Waals surface area contributed by atoms with Gasteiger partial charge in [0.15, 0.2) is 0 Å². The largest absolute Gasteiger partial charge is 0.380 e. The highest BCUT2D eigenvalue weighted by atomic mass is 32.2. The highest BCUT2D eigenvalue weighted by Gasteiger charge is 2.34. The Morgan fingerprint density at radius 2 is 2.12 bits per heavy atom. The zero-order chi connectivity index (χ0) is 18.4. The zero-order valence-corrected chi connectivity index (χ0v) is 16.0. The smallest absolute Gasteiger partial charge is 0.235 e. The molecular formula is C16H24N2O5S2. The molecule has 1 aliphatic carbocycles. The molecule has 140 valence electrons. The van der Waals surface area contributed by atoms with Crippen LogP contribution in [0.5, 0.6) is 0 Å². The summed E-state index contributed by atoms with van der Waals surface area (Å²) < 4.78 is 44.6. The van der Waals surface area contributed by atoms with E-state index in [0.29, 0.717) is 23.0 Å². The monoisotopic (exact) mass is 388 g/mol. The van der Waals surface area contributed by atoms with Gasteiger partial charge in [0.25, 0.3) is 0 Å². The third-order valence-electron chi connectivity index (χ3n) is 3.84. The standard InChI is InChI=1S/C16H24N2O5S2/c1-3-17-16(19)10-24(20)14-6-4-5-13(9-14)18-25(21,22)11-15(23-2)12-7-8-12/h4-6,9,12,15,18H,3,7-8,10-11H2,1-2H3,(H,17,19). The first-order valence-corrected chi connectivity index (χ1v) is 11.1. The number of nitrogens with one attached hydrogen (secondary N) is 2. The second-order valence-corrected chi connectivity index (χ2v) is 9.18. The van der Waals surface area contributed by atoms with E-state index in [1.54, 1.807) is 25.1 Å². The van der Waals surface area contributed by atoms with Gasteiger partial charge < -0.3 is 10.1 Å². The van der Waals surface area contributed by atoms with Crippen molar-refractivity contribution in [2.24, 2.45) is 5.92 Å². The van der Waals surface area contributed by atoms with Gasteiger partial charge in [-0.3, -0.25) is 13.7 Å². The van der Waals surface area contributed by atoms with Crippen molar-refractivity contribution < 1.29 is 22.2 Å². The number of anilines is 1. The van der Waals surface area contributed by atoms with E-state index in [-0.39, 0.29) is 23.5 Å². The molecule has 7 nitrogen and oxygen atoms in total. The number of ether oxygens (including phenoxy) is 1. The van der Waals surface area contributed by atoms with Gasteiger partial charge >= 0.3 is 0 Å². The molecule has 1 aromatic rings. The first-order valence-electron chi connectivity index (χ1n) is 8.13. The molecule has 0 radical (unpaired) electrons. The molecule has 0 saturated heterocycles. The Hall–Kier alpha value is -1.45. The second kappa shape index (κ2) is 8.77. The van der Waals surface area contributed by atoms with E-state index in [0.717, 1.165) is 12.8 Å². The van der Waals surface area contributed by atoms with Crippen molar-refractivity contribution in [3.8, 4) is 0 Å². The van der Waals surface area contributed by atoms with Crippen molar-refractivity contribution in [3.05, 3.63) is 24.3 Å². The Kier molecular flexibility index (Phi) is 6.97. The average molecular weight is 389 g/mol. The van der Waals surface area contributed by atoms with E-state index in [9.17, 15) is 17.4 Å². The van der Waals surface area contributed by atoms with Crippen LogP contribution in [0.25, 0.3) is 0 Å². The van der Waals surface area contributed by atoms with Gasteiger partial charge in [0.1, 0.15) is 5.75 Å². The molecule has 9 heteroatoms. The summed E-state index contributed by atoms with van der Waals surface area (Å²) in [7, 11) is -3.60. The fraction of sp³-hybridized carbons (Fsp3) is 0.562. The van der Waals surface area contributed by atoms with Crippen molar-refractivity contribution in [2.45, 2.75) is 30.8 Å². The Balaban J connectivity index is 2.02. The molecule has 1 saturated carbocycles. The Bertz CT molecular complexity index is 732. The minimum absolute atomic E-state index is 0.111. The van der Waals surface area contributed by atoms with E-state index in [2.05, 4.69) is 10.0 Å². The van der Waals surface area contributed by atoms with Gasteiger partial charge in [-0.2, -0.15) is 0 Å². The highest BCUT2D eigenvalue weighted by Crippen LogP contribution is 2.34. The maximum absolute atomic E-state index is 12.3. The second-order valence-electron chi connectivity index (χ2n) is 5.97. The number of hydrogen-bond acceptors (Lipinski definition) is 5. The molecule has 0 bridgehead atoms. The molecule has 1 aromatic carbocycles. The van der Waals surface area contributed by atoms with Crippen LogP contribution in [0.4, 0.5) is 5.69 Å². The van der Waals surface area contributed by atoms with Gasteiger partial charge in [-0.1, -0.05) is 6.07 Å². The van der Waals surface area contributed by atoms with Gasteiger partial charge in [0.05, 0.1) is 22.7 Å². The van der Waals surface area contributed by atoms with Gasteiger partial charge in [0.2, 0.25) is 15.9 Å². The molecule has 0 aliphatic heterocycles. The molecule has 2 rings (SSSR count). The van der Waals surface area contributed by atoms with Crippen molar-refractivity contribution in [1.82, 2.24) is 5.32 Å². The van der Waals surface area contributed by atoms with Gasteiger partial charge in [0, 0.05) is 24.2 Å².